The van der Waals surface area contributed by atoms with Crippen molar-refractivity contribution in [2.75, 3.05) is 11.9 Å². The van der Waals surface area contributed by atoms with E-state index >= 15 is 0 Å². The lowest BCUT2D eigenvalue weighted by molar-refractivity contribution is 0.102. The molecule has 0 bridgehead atoms. The number of anilines is 1. The molecule has 0 aliphatic carbocycles. The smallest absolute Gasteiger partial charge is 0.256 e. The van der Waals surface area contributed by atoms with Gasteiger partial charge in [-0.1, -0.05) is 29.8 Å². The Morgan fingerprint density at radius 3 is 2.63 bits per heavy atom. The van der Waals surface area contributed by atoms with Crippen LogP contribution < -0.4 is 10.1 Å². The molecule has 150 valence electrons. The van der Waals surface area contributed by atoms with Crippen molar-refractivity contribution in [1.29, 1.82) is 0 Å². The van der Waals surface area contributed by atoms with Gasteiger partial charge in [0.2, 0.25) is 5.89 Å². The van der Waals surface area contributed by atoms with Gasteiger partial charge in [-0.25, -0.2) is 4.98 Å². The van der Waals surface area contributed by atoms with Crippen LogP contribution in [0.15, 0.2) is 83.4 Å². The van der Waals surface area contributed by atoms with Gasteiger partial charge in [-0.2, -0.15) is 0 Å². The molecule has 0 radical (unpaired) electrons. The maximum absolute atomic E-state index is 12.9. The Hall–Kier alpha value is -3.57. The summed E-state index contributed by atoms with van der Waals surface area (Å²) in [6.07, 6.45) is 1.65. The molecule has 4 rings (SSSR count). The summed E-state index contributed by atoms with van der Waals surface area (Å²) in [5.41, 5.74) is 2.55. The van der Waals surface area contributed by atoms with Crippen LogP contribution in [0.2, 0.25) is 5.02 Å². The standard InChI is InChI=1S/C24H19ClN2O3/c1-2-29-19-12-10-16(11-13-19)22-15-26-24(30-22)21-9-4-3-8-20(21)23(28)27-18-7-5-6-17(25)14-18/h3-15H,2H2,1H3,(H,27,28). The fourth-order valence-electron chi connectivity index (χ4n) is 3.05. The second-order valence-corrected chi connectivity index (χ2v) is 6.93. The Morgan fingerprint density at radius 1 is 1.07 bits per heavy atom. The van der Waals surface area contributed by atoms with Crippen molar-refractivity contribution < 1.29 is 13.9 Å². The number of carbonyl (C=O) groups is 1. The van der Waals surface area contributed by atoms with Gasteiger partial charge < -0.3 is 14.5 Å². The number of ether oxygens (including phenoxy) is 1. The molecule has 4 aromatic rings. The summed E-state index contributed by atoms with van der Waals surface area (Å²) < 4.78 is 11.4. The maximum atomic E-state index is 12.9. The fourth-order valence-corrected chi connectivity index (χ4v) is 3.24. The normalized spacial score (nSPS) is 10.6. The minimum Gasteiger partial charge on any atom is -0.494 e. The molecule has 0 spiro atoms. The van der Waals surface area contributed by atoms with E-state index in [1.807, 2.05) is 37.3 Å². The zero-order chi connectivity index (χ0) is 20.9. The van der Waals surface area contributed by atoms with E-state index in [9.17, 15) is 4.79 Å². The van der Waals surface area contributed by atoms with Crippen molar-refractivity contribution in [2.24, 2.45) is 0 Å². The molecule has 1 heterocycles. The van der Waals surface area contributed by atoms with Crippen molar-refractivity contribution in [3.63, 3.8) is 0 Å². The van der Waals surface area contributed by atoms with Crippen LogP contribution in [0.25, 0.3) is 22.8 Å². The van der Waals surface area contributed by atoms with Crippen LogP contribution in [0.4, 0.5) is 5.69 Å². The molecule has 0 aliphatic rings. The molecule has 30 heavy (non-hydrogen) atoms. The number of hydrogen-bond acceptors (Lipinski definition) is 4. The third-order valence-corrected chi connectivity index (χ3v) is 4.68. The van der Waals surface area contributed by atoms with E-state index in [4.69, 9.17) is 20.8 Å². The number of benzene rings is 3. The average molecular weight is 419 g/mol. The number of halogens is 1. The van der Waals surface area contributed by atoms with Gasteiger partial charge in [0.25, 0.3) is 5.91 Å². The lowest BCUT2D eigenvalue weighted by Crippen LogP contribution is -2.13. The van der Waals surface area contributed by atoms with Crippen LogP contribution >= 0.6 is 11.6 Å². The van der Waals surface area contributed by atoms with E-state index in [0.717, 1.165) is 11.3 Å². The number of aromatic nitrogens is 1. The van der Waals surface area contributed by atoms with Crippen molar-refractivity contribution in [3.05, 3.63) is 89.6 Å². The van der Waals surface area contributed by atoms with Crippen LogP contribution in [0.5, 0.6) is 5.75 Å². The Labute approximate surface area is 179 Å². The van der Waals surface area contributed by atoms with Crippen molar-refractivity contribution in [1.82, 2.24) is 4.98 Å². The monoisotopic (exact) mass is 418 g/mol. The molecule has 3 aromatic carbocycles. The van der Waals surface area contributed by atoms with Gasteiger partial charge >= 0.3 is 0 Å². The van der Waals surface area contributed by atoms with Crippen LogP contribution in [0.3, 0.4) is 0 Å². The first-order valence-electron chi connectivity index (χ1n) is 9.49. The van der Waals surface area contributed by atoms with E-state index in [1.54, 1.807) is 48.7 Å². The summed E-state index contributed by atoms with van der Waals surface area (Å²) in [7, 11) is 0. The average Bonchev–Trinajstić information content (AvgIpc) is 3.25. The lowest BCUT2D eigenvalue weighted by atomic mass is 10.1. The highest BCUT2D eigenvalue weighted by molar-refractivity contribution is 6.31. The molecule has 5 nitrogen and oxygen atoms in total. The zero-order valence-electron chi connectivity index (χ0n) is 16.3. The first-order valence-corrected chi connectivity index (χ1v) is 9.87. The van der Waals surface area contributed by atoms with E-state index in [0.29, 0.717) is 40.1 Å². The SMILES string of the molecule is CCOc1ccc(-c2cnc(-c3ccccc3C(=O)Nc3cccc(Cl)c3)o2)cc1. The molecule has 6 heteroatoms. The topological polar surface area (TPSA) is 64.4 Å². The summed E-state index contributed by atoms with van der Waals surface area (Å²) in [6.45, 7) is 2.55. The van der Waals surface area contributed by atoms with Gasteiger partial charge in [-0.3, -0.25) is 4.79 Å². The predicted octanol–water partition coefficient (Wildman–Crippen LogP) is 6.31. The molecule has 1 N–H and O–H groups in total. The van der Waals surface area contributed by atoms with Crippen LogP contribution in [0, 0.1) is 0 Å². The highest BCUT2D eigenvalue weighted by Gasteiger charge is 2.17. The van der Waals surface area contributed by atoms with Gasteiger partial charge in [0.15, 0.2) is 5.76 Å². The molecule has 1 amide bonds. The second-order valence-electron chi connectivity index (χ2n) is 6.50. The number of nitrogens with zero attached hydrogens (tertiary/aromatic N) is 1. The van der Waals surface area contributed by atoms with Gasteiger partial charge in [0.05, 0.1) is 18.4 Å². The fraction of sp³-hybridized carbons (Fsp3) is 0.0833. The molecule has 0 fully saturated rings. The third-order valence-electron chi connectivity index (χ3n) is 4.44. The highest BCUT2D eigenvalue weighted by atomic mass is 35.5. The Morgan fingerprint density at radius 2 is 1.87 bits per heavy atom. The zero-order valence-corrected chi connectivity index (χ0v) is 17.0. The molecule has 1 aromatic heterocycles. The number of nitrogens with one attached hydrogen (secondary N) is 1. The van der Waals surface area contributed by atoms with Gasteiger partial charge in [-0.15, -0.1) is 0 Å². The summed E-state index contributed by atoms with van der Waals surface area (Å²) in [6, 6.07) is 21.8. The molecule has 0 unspecified atom stereocenters. The number of amides is 1. The molecule has 0 saturated heterocycles. The van der Waals surface area contributed by atoms with Crippen LogP contribution in [0.1, 0.15) is 17.3 Å². The largest absolute Gasteiger partial charge is 0.494 e. The van der Waals surface area contributed by atoms with Crippen LogP contribution in [-0.4, -0.2) is 17.5 Å². The molecule has 0 aliphatic heterocycles. The Bertz CT molecular complexity index is 1170. The number of rotatable bonds is 6. The summed E-state index contributed by atoms with van der Waals surface area (Å²) in [5.74, 6) is 1.51. The highest BCUT2D eigenvalue weighted by Crippen LogP contribution is 2.29. The Kier molecular flexibility index (Phi) is 5.82. The molecular weight excluding hydrogens is 400 g/mol. The van der Waals surface area contributed by atoms with E-state index in [2.05, 4.69) is 10.3 Å². The van der Waals surface area contributed by atoms with Gasteiger partial charge in [0.1, 0.15) is 5.75 Å². The van der Waals surface area contributed by atoms with Crippen molar-refractivity contribution in [3.8, 4) is 28.5 Å². The maximum Gasteiger partial charge on any atom is 0.256 e. The lowest BCUT2D eigenvalue weighted by Gasteiger charge is -2.08. The summed E-state index contributed by atoms with van der Waals surface area (Å²) in [4.78, 5) is 17.2. The van der Waals surface area contributed by atoms with Gasteiger partial charge in [0, 0.05) is 21.8 Å². The first-order chi connectivity index (χ1) is 14.6. The van der Waals surface area contributed by atoms with E-state index in [-0.39, 0.29) is 5.91 Å². The van der Waals surface area contributed by atoms with Crippen molar-refractivity contribution >= 4 is 23.2 Å². The number of oxazole rings is 1. The summed E-state index contributed by atoms with van der Waals surface area (Å²) in [5, 5.41) is 3.41. The van der Waals surface area contributed by atoms with Crippen LogP contribution in [-0.2, 0) is 0 Å². The van der Waals surface area contributed by atoms with Gasteiger partial charge in [-0.05, 0) is 61.5 Å². The quantitative estimate of drug-likeness (QED) is 0.398. The predicted molar refractivity (Wildman–Crippen MR) is 118 cm³/mol. The number of carbonyl (C=O) groups excluding carboxylic acids is 1. The number of hydrogen-bond donors (Lipinski definition) is 1. The van der Waals surface area contributed by atoms with E-state index < -0.39 is 0 Å². The minimum absolute atomic E-state index is 0.270. The third kappa shape index (κ3) is 4.36. The Balaban J connectivity index is 1.60. The molecular formula is C24H19ClN2O3. The molecule has 0 saturated carbocycles. The summed E-state index contributed by atoms with van der Waals surface area (Å²) >= 11 is 6.01. The first kappa shape index (κ1) is 19.7. The second kappa shape index (κ2) is 8.84. The molecule has 0 atom stereocenters. The minimum atomic E-state index is -0.270. The van der Waals surface area contributed by atoms with Crippen molar-refractivity contribution in [2.45, 2.75) is 6.92 Å². The van der Waals surface area contributed by atoms with E-state index in [1.165, 1.54) is 0 Å².